The second-order valence-corrected chi connectivity index (χ2v) is 5.27. The number of aromatic nitrogens is 2. The van der Waals surface area contributed by atoms with Crippen LogP contribution in [0.5, 0.6) is 0 Å². The summed E-state index contributed by atoms with van der Waals surface area (Å²) in [6.07, 6.45) is 1.25. The number of aryl methyl sites for hydroxylation is 1. The summed E-state index contributed by atoms with van der Waals surface area (Å²) in [7, 11) is 0. The molecule has 0 atom stereocenters. The fourth-order valence-electron chi connectivity index (χ4n) is 1.43. The lowest BCUT2D eigenvalue weighted by atomic mass is 10.2. The SMILES string of the molecule is Cc1nsc(NC(=O)c2cnc(Cl)c(Cl)c2)c1C(=O)O. The van der Waals surface area contributed by atoms with E-state index in [1.54, 1.807) is 6.92 Å². The summed E-state index contributed by atoms with van der Waals surface area (Å²) in [6, 6.07) is 1.35. The number of nitrogens with zero attached hydrogens (tertiary/aromatic N) is 2. The van der Waals surface area contributed by atoms with Crippen LogP contribution in [0.4, 0.5) is 5.00 Å². The molecule has 0 saturated heterocycles. The van der Waals surface area contributed by atoms with E-state index in [1.165, 1.54) is 12.3 Å². The fourth-order valence-corrected chi connectivity index (χ4v) is 2.48. The van der Waals surface area contributed by atoms with Crippen molar-refractivity contribution in [1.29, 1.82) is 0 Å². The Kier molecular flexibility index (Phi) is 4.22. The number of carbonyl (C=O) groups excluding carboxylic acids is 1. The zero-order chi connectivity index (χ0) is 14.9. The summed E-state index contributed by atoms with van der Waals surface area (Å²) in [4.78, 5) is 26.8. The van der Waals surface area contributed by atoms with Gasteiger partial charge in [-0.2, -0.15) is 4.37 Å². The Morgan fingerprint density at radius 2 is 2.10 bits per heavy atom. The highest BCUT2D eigenvalue weighted by molar-refractivity contribution is 7.11. The molecule has 6 nitrogen and oxygen atoms in total. The van der Waals surface area contributed by atoms with Crippen LogP contribution in [0.1, 0.15) is 26.4 Å². The van der Waals surface area contributed by atoms with Gasteiger partial charge >= 0.3 is 5.97 Å². The van der Waals surface area contributed by atoms with E-state index in [2.05, 4.69) is 14.7 Å². The number of carbonyl (C=O) groups is 2. The zero-order valence-corrected chi connectivity index (χ0v) is 12.3. The highest BCUT2D eigenvalue weighted by Crippen LogP contribution is 2.26. The topological polar surface area (TPSA) is 92.2 Å². The van der Waals surface area contributed by atoms with Crippen molar-refractivity contribution in [1.82, 2.24) is 9.36 Å². The molecule has 104 valence electrons. The Balaban J connectivity index is 2.28. The molecule has 2 heterocycles. The largest absolute Gasteiger partial charge is 0.478 e. The minimum Gasteiger partial charge on any atom is -0.478 e. The molecule has 0 fully saturated rings. The molecule has 0 unspecified atom stereocenters. The molecule has 0 spiro atoms. The Morgan fingerprint density at radius 3 is 2.70 bits per heavy atom. The van der Waals surface area contributed by atoms with Crippen LogP contribution in [0, 0.1) is 6.92 Å². The van der Waals surface area contributed by atoms with Gasteiger partial charge in [0.2, 0.25) is 0 Å². The number of pyridine rings is 1. The van der Waals surface area contributed by atoms with Gasteiger partial charge in [0.25, 0.3) is 5.91 Å². The van der Waals surface area contributed by atoms with Crippen molar-refractivity contribution in [3.63, 3.8) is 0 Å². The van der Waals surface area contributed by atoms with Crippen molar-refractivity contribution in [2.24, 2.45) is 0 Å². The molecule has 0 bridgehead atoms. The van der Waals surface area contributed by atoms with E-state index in [0.29, 0.717) is 5.69 Å². The first kappa shape index (κ1) is 14.7. The molecule has 2 aromatic rings. The highest BCUT2D eigenvalue weighted by Gasteiger charge is 2.20. The van der Waals surface area contributed by atoms with Crippen molar-refractivity contribution >= 4 is 51.6 Å². The van der Waals surface area contributed by atoms with Crippen LogP contribution in [-0.4, -0.2) is 26.3 Å². The average Bonchev–Trinajstić information content (AvgIpc) is 2.73. The van der Waals surface area contributed by atoms with Gasteiger partial charge in [0.1, 0.15) is 15.7 Å². The van der Waals surface area contributed by atoms with Gasteiger partial charge < -0.3 is 10.4 Å². The summed E-state index contributed by atoms with van der Waals surface area (Å²) < 4.78 is 3.90. The van der Waals surface area contributed by atoms with E-state index in [0.717, 1.165) is 11.5 Å². The maximum atomic E-state index is 12.0. The van der Waals surface area contributed by atoms with Crippen molar-refractivity contribution in [2.75, 3.05) is 5.32 Å². The molecule has 2 aromatic heterocycles. The number of carboxylic acid groups (broad SMARTS) is 1. The van der Waals surface area contributed by atoms with Crippen LogP contribution < -0.4 is 5.32 Å². The summed E-state index contributed by atoms with van der Waals surface area (Å²) in [5, 5.41) is 11.9. The van der Waals surface area contributed by atoms with Gasteiger partial charge in [-0.25, -0.2) is 9.78 Å². The van der Waals surface area contributed by atoms with Gasteiger partial charge in [-0.3, -0.25) is 4.79 Å². The normalized spacial score (nSPS) is 10.3. The highest BCUT2D eigenvalue weighted by atomic mass is 35.5. The number of aromatic carboxylic acids is 1. The number of amides is 1. The van der Waals surface area contributed by atoms with Crippen molar-refractivity contribution in [2.45, 2.75) is 6.92 Å². The Hall–Kier alpha value is -1.70. The zero-order valence-electron chi connectivity index (χ0n) is 9.98. The Morgan fingerprint density at radius 1 is 1.40 bits per heavy atom. The lowest BCUT2D eigenvalue weighted by Crippen LogP contribution is -2.14. The van der Waals surface area contributed by atoms with Gasteiger partial charge in [0.15, 0.2) is 0 Å². The third-order valence-electron chi connectivity index (χ3n) is 2.36. The standard InChI is InChI=1S/C11H7Cl2N3O3S/c1-4-7(11(18)19)10(20-16-4)15-9(17)5-2-6(12)8(13)14-3-5/h2-3H,1H3,(H,15,17)(H,18,19). The summed E-state index contributed by atoms with van der Waals surface area (Å²) in [5.74, 6) is -1.69. The Labute approximate surface area is 127 Å². The van der Waals surface area contributed by atoms with Gasteiger partial charge in [0.05, 0.1) is 16.3 Å². The molecule has 20 heavy (non-hydrogen) atoms. The molecular formula is C11H7Cl2N3O3S. The maximum Gasteiger partial charge on any atom is 0.340 e. The molecule has 9 heteroatoms. The van der Waals surface area contributed by atoms with Crippen LogP contribution in [0.3, 0.4) is 0 Å². The smallest absolute Gasteiger partial charge is 0.340 e. The molecule has 0 aromatic carbocycles. The third kappa shape index (κ3) is 2.90. The molecule has 2 N–H and O–H groups in total. The molecule has 0 aliphatic carbocycles. The van der Waals surface area contributed by atoms with Gasteiger partial charge in [-0.05, 0) is 24.5 Å². The first-order valence-electron chi connectivity index (χ1n) is 5.22. The summed E-state index contributed by atoms with van der Waals surface area (Å²) in [6.45, 7) is 1.55. The first-order chi connectivity index (χ1) is 9.40. The second kappa shape index (κ2) is 5.74. The summed E-state index contributed by atoms with van der Waals surface area (Å²) in [5.41, 5.74) is 0.475. The minimum absolute atomic E-state index is 0.0311. The van der Waals surface area contributed by atoms with E-state index < -0.39 is 11.9 Å². The first-order valence-corrected chi connectivity index (χ1v) is 6.75. The van der Waals surface area contributed by atoms with Crippen LogP contribution in [0.2, 0.25) is 10.2 Å². The quantitative estimate of drug-likeness (QED) is 0.843. The Bertz CT molecular complexity index is 702. The van der Waals surface area contributed by atoms with E-state index >= 15 is 0 Å². The lowest BCUT2D eigenvalue weighted by Gasteiger charge is -2.04. The minimum atomic E-state index is -1.15. The van der Waals surface area contributed by atoms with Gasteiger partial charge in [-0.1, -0.05) is 23.2 Å². The van der Waals surface area contributed by atoms with E-state index in [1.807, 2.05) is 0 Å². The van der Waals surface area contributed by atoms with E-state index in [4.69, 9.17) is 28.3 Å². The van der Waals surface area contributed by atoms with E-state index in [9.17, 15) is 9.59 Å². The van der Waals surface area contributed by atoms with Crippen LogP contribution in [-0.2, 0) is 0 Å². The maximum absolute atomic E-state index is 12.0. The average molecular weight is 332 g/mol. The van der Waals surface area contributed by atoms with Crippen molar-refractivity contribution in [3.8, 4) is 0 Å². The predicted octanol–water partition coefficient (Wildman–Crippen LogP) is 3.10. The number of anilines is 1. The number of hydrogen-bond acceptors (Lipinski definition) is 5. The second-order valence-electron chi connectivity index (χ2n) is 3.73. The fraction of sp³-hybridized carbons (Fsp3) is 0.0909. The predicted molar refractivity (Wildman–Crippen MR) is 76.0 cm³/mol. The number of hydrogen-bond donors (Lipinski definition) is 2. The van der Waals surface area contributed by atoms with Crippen molar-refractivity contribution in [3.05, 3.63) is 39.3 Å². The monoisotopic (exact) mass is 331 g/mol. The van der Waals surface area contributed by atoms with Gasteiger partial charge in [-0.15, -0.1) is 0 Å². The molecule has 0 aliphatic heterocycles. The van der Waals surface area contributed by atoms with Gasteiger partial charge in [0, 0.05) is 6.20 Å². The third-order valence-corrected chi connectivity index (χ3v) is 3.90. The molecule has 2 rings (SSSR count). The number of rotatable bonds is 3. The lowest BCUT2D eigenvalue weighted by molar-refractivity contribution is 0.0697. The van der Waals surface area contributed by atoms with Crippen LogP contribution in [0.15, 0.2) is 12.3 Å². The van der Waals surface area contributed by atoms with Crippen LogP contribution >= 0.6 is 34.7 Å². The molecule has 0 radical (unpaired) electrons. The number of carboxylic acids is 1. The molecule has 0 saturated carbocycles. The van der Waals surface area contributed by atoms with Crippen LogP contribution in [0.25, 0.3) is 0 Å². The summed E-state index contributed by atoms with van der Waals surface area (Å²) >= 11 is 12.3. The number of nitrogens with one attached hydrogen (secondary N) is 1. The van der Waals surface area contributed by atoms with Crippen molar-refractivity contribution < 1.29 is 14.7 Å². The molecular weight excluding hydrogens is 325 g/mol. The number of halogens is 2. The molecule has 0 aliphatic rings. The van der Waals surface area contributed by atoms with E-state index in [-0.39, 0.29) is 26.3 Å². The molecule has 1 amide bonds.